The third kappa shape index (κ3) is 2.44. The molecule has 0 spiro atoms. The Kier molecular flexibility index (Phi) is 4.65. The van der Waals surface area contributed by atoms with Crippen LogP contribution in [0.2, 0.25) is 0 Å². The number of ether oxygens (including phenoxy) is 2. The van der Waals surface area contributed by atoms with Gasteiger partial charge in [0.2, 0.25) is 0 Å². The van der Waals surface area contributed by atoms with Crippen LogP contribution in [0.25, 0.3) is 0 Å². The molecule has 1 aromatic rings. The lowest BCUT2D eigenvalue weighted by Gasteiger charge is -2.43. The Bertz CT molecular complexity index is 489. The number of rotatable bonds is 3. The molecule has 20 heavy (non-hydrogen) atoms. The van der Waals surface area contributed by atoms with Crippen molar-refractivity contribution in [3.63, 3.8) is 0 Å². The molecule has 0 aromatic heterocycles. The summed E-state index contributed by atoms with van der Waals surface area (Å²) in [4.78, 5) is 0. The third-order valence-corrected chi connectivity index (χ3v) is 5.53. The maximum absolute atomic E-state index is 11.2. The lowest BCUT2D eigenvalue weighted by atomic mass is 9.67. The van der Waals surface area contributed by atoms with Gasteiger partial charge in [-0.15, -0.1) is 0 Å². The fourth-order valence-corrected chi connectivity index (χ4v) is 3.93. The molecule has 4 heteroatoms. The molecule has 0 bridgehead atoms. The Balaban J connectivity index is 2.53. The summed E-state index contributed by atoms with van der Waals surface area (Å²) in [5.74, 6) is 2.09. The molecule has 1 saturated carbocycles. The summed E-state index contributed by atoms with van der Waals surface area (Å²) in [5.41, 5.74) is 0.0179. The number of hydrogen-bond acceptors (Lipinski definition) is 3. The molecule has 3 atom stereocenters. The monoisotopic (exact) mass is 342 g/mol. The Morgan fingerprint density at radius 3 is 2.55 bits per heavy atom. The minimum atomic E-state index is -0.836. The van der Waals surface area contributed by atoms with Gasteiger partial charge in [0, 0.05) is 5.56 Å². The molecule has 0 radical (unpaired) electrons. The molecule has 2 rings (SSSR count). The first-order chi connectivity index (χ1) is 9.45. The SMILES string of the molecule is COc1ccc(C2(O)CCCC(C)C2C)c(OC)c1Br. The van der Waals surface area contributed by atoms with E-state index in [9.17, 15) is 5.11 Å². The van der Waals surface area contributed by atoms with Crippen molar-refractivity contribution in [2.75, 3.05) is 14.2 Å². The Morgan fingerprint density at radius 2 is 1.95 bits per heavy atom. The highest BCUT2D eigenvalue weighted by molar-refractivity contribution is 9.10. The van der Waals surface area contributed by atoms with Gasteiger partial charge < -0.3 is 14.6 Å². The largest absolute Gasteiger partial charge is 0.495 e. The molecule has 0 heterocycles. The zero-order chi connectivity index (χ0) is 14.9. The second-order valence-corrected chi connectivity index (χ2v) is 6.54. The van der Waals surface area contributed by atoms with Crippen LogP contribution in [-0.2, 0) is 5.60 Å². The van der Waals surface area contributed by atoms with Crippen LogP contribution in [0.3, 0.4) is 0 Å². The van der Waals surface area contributed by atoms with E-state index in [2.05, 4.69) is 29.8 Å². The molecule has 0 amide bonds. The van der Waals surface area contributed by atoms with E-state index in [1.54, 1.807) is 14.2 Å². The first-order valence-corrected chi connectivity index (χ1v) is 7.88. The average Bonchev–Trinajstić information content (AvgIpc) is 2.44. The van der Waals surface area contributed by atoms with Gasteiger partial charge in [-0.05, 0) is 52.7 Å². The molecule has 1 aliphatic rings. The normalized spacial score (nSPS) is 30.1. The average molecular weight is 343 g/mol. The molecule has 1 fully saturated rings. The van der Waals surface area contributed by atoms with Crippen molar-refractivity contribution in [1.29, 1.82) is 0 Å². The van der Waals surface area contributed by atoms with Crippen LogP contribution in [0.5, 0.6) is 11.5 Å². The molecule has 112 valence electrons. The second-order valence-electron chi connectivity index (χ2n) is 5.75. The van der Waals surface area contributed by atoms with E-state index < -0.39 is 5.60 Å². The Labute approximate surface area is 129 Å². The van der Waals surface area contributed by atoms with Crippen LogP contribution in [0, 0.1) is 11.8 Å². The smallest absolute Gasteiger partial charge is 0.142 e. The standard InChI is InChI=1S/C16H23BrO3/c1-10-6-5-9-16(18,11(10)2)12-7-8-13(19-3)14(17)15(12)20-4/h7-8,10-11,18H,5-6,9H2,1-4H3. The number of aliphatic hydroxyl groups is 1. The van der Waals surface area contributed by atoms with E-state index in [0.29, 0.717) is 17.4 Å². The fraction of sp³-hybridized carbons (Fsp3) is 0.625. The molecular weight excluding hydrogens is 320 g/mol. The third-order valence-electron chi connectivity index (χ3n) is 4.78. The van der Waals surface area contributed by atoms with Gasteiger partial charge in [0.05, 0.1) is 19.8 Å². The minimum absolute atomic E-state index is 0.199. The molecule has 0 saturated heterocycles. The van der Waals surface area contributed by atoms with Crippen molar-refractivity contribution >= 4 is 15.9 Å². The van der Waals surface area contributed by atoms with E-state index in [-0.39, 0.29) is 5.92 Å². The first-order valence-electron chi connectivity index (χ1n) is 7.09. The summed E-state index contributed by atoms with van der Waals surface area (Å²) in [5, 5.41) is 11.2. The number of halogens is 1. The van der Waals surface area contributed by atoms with Crippen LogP contribution in [0.15, 0.2) is 16.6 Å². The minimum Gasteiger partial charge on any atom is -0.495 e. The zero-order valence-electron chi connectivity index (χ0n) is 12.6. The molecule has 1 aliphatic carbocycles. The number of methoxy groups -OCH3 is 2. The van der Waals surface area contributed by atoms with Crippen molar-refractivity contribution in [1.82, 2.24) is 0 Å². The summed E-state index contributed by atoms with van der Waals surface area (Å²) in [6.45, 7) is 4.33. The van der Waals surface area contributed by atoms with Crippen molar-refractivity contribution in [2.45, 2.75) is 38.7 Å². The maximum Gasteiger partial charge on any atom is 0.142 e. The van der Waals surface area contributed by atoms with E-state index >= 15 is 0 Å². The van der Waals surface area contributed by atoms with Crippen LogP contribution in [0.1, 0.15) is 38.7 Å². The molecule has 1 aromatic carbocycles. The quantitative estimate of drug-likeness (QED) is 0.898. The Hall–Kier alpha value is -0.740. The van der Waals surface area contributed by atoms with Gasteiger partial charge >= 0.3 is 0 Å². The fourth-order valence-electron chi connectivity index (χ4n) is 3.26. The van der Waals surface area contributed by atoms with Crippen LogP contribution in [0.4, 0.5) is 0 Å². The molecule has 3 unspecified atom stereocenters. The van der Waals surface area contributed by atoms with Crippen molar-refractivity contribution < 1.29 is 14.6 Å². The molecule has 3 nitrogen and oxygen atoms in total. The van der Waals surface area contributed by atoms with Gasteiger partial charge in [0.15, 0.2) is 0 Å². The van der Waals surface area contributed by atoms with Gasteiger partial charge in [-0.1, -0.05) is 20.3 Å². The zero-order valence-corrected chi connectivity index (χ0v) is 14.2. The second kappa shape index (κ2) is 5.94. The summed E-state index contributed by atoms with van der Waals surface area (Å²) in [6.07, 6.45) is 2.98. The number of hydrogen-bond donors (Lipinski definition) is 1. The lowest BCUT2D eigenvalue weighted by molar-refractivity contribution is -0.0702. The highest BCUT2D eigenvalue weighted by Crippen LogP contribution is 2.50. The van der Waals surface area contributed by atoms with Crippen LogP contribution < -0.4 is 9.47 Å². The lowest BCUT2D eigenvalue weighted by Crippen LogP contribution is -2.40. The predicted octanol–water partition coefficient (Wildman–Crippen LogP) is 4.11. The van der Waals surface area contributed by atoms with Gasteiger partial charge in [-0.25, -0.2) is 0 Å². The van der Waals surface area contributed by atoms with Crippen molar-refractivity contribution in [2.24, 2.45) is 11.8 Å². The van der Waals surface area contributed by atoms with Gasteiger partial charge in [0.25, 0.3) is 0 Å². The molecule has 0 aliphatic heterocycles. The van der Waals surface area contributed by atoms with Crippen LogP contribution in [-0.4, -0.2) is 19.3 Å². The summed E-state index contributed by atoms with van der Waals surface area (Å²) < 4.78 is 11.6. The van der Waals surface area contributed by atoms with Crippen LogP contribution >= 0.6 is 15.9 Å². The molecular formula is C16H23BrO3. The van der Waals surface area contributed by atoms with E-state index in [0.717, 1.165) is 22.9 Å². The highest BCUT2D eigenvalue weighted by Gasteiger charge is 2.43. The van der Waals surface area contributed by atoms with Gasteiger partial charge in [0.1, 0.15) is 16.0 Å². The first kappa shape index (κ1) is 15.6. The van der Waals surface area contributed by atoms with Crippen molar-refractivity contribution in [3.8, 4) is 11.5 Å². The van der Waals surface area contributed by atoms with Crippen molar-refractivity contribution in [3.05, 3.63) is 22.2 Å². The Morgan fingerprint density at radius 1 is 1.25 bits per heavy atom. The topological polar surface area (TPSA) is 38.7 Å². The predicted molar refractivity (Wildman–Crippen MR) is 83.3 cm³/mol. The molecule has 1 N–H and O–H groups in total. The van der Waals surface area contributed by atoms with E-state index in [1.165, 1.54) is 6.42 Å². The van der Waals surface area contributed by atoms with E-state index in [4.69, 9.17) is 9.47 Å². The van der Waals surface area contributed by atoms with Gasteiger partial charge in [-0.3, -0.25) is 0 Å². The van der Waals surface area contributed by atoms with E-state index in [1.807, 2.05) is 12.1 Å². The van der Waals surface area contributed by atoms with Gasteiger partial charge in [-0.2, -0.15) is 0 Å². The summed E-state index contributed by atoms with van der Waals surface area (Å²) >= 11 is 3.52. The maximum atomic E-state index is 11.2. The number of benzene rings is 1. The summed E-state index contributed by atoms with van der Waals surface area (Å²) in [7, 11) is 3.25. The summed E-state index contributed by atoms with van der Waals surface area (Å²) in [6, 6.07) is 3.81. The highest BCUT2D eigenvalue weighted by atomic mass is 79.9.